The molecule has 0 fully saturated rings. The van der Waals surface area contributed by atoms with Gasteiger partial charge in [0.2, 0.25) is 0 Å². The molecule has 2 aromatic rings. The van der Waals surface area contributed by atoms with E-state index in [1.54, 1.807) is 24.3 Å². The van der Waals surface area contributed by atoms with Gasteiger partial charge in [0.25, 0.3) is 0 Å². The molecule has 35 heavy (non-hydrogen) atoms. The minimum Gasteiger partial charge on any atom is -0.741 e. The van der Waals surface area contributed by atoms with Crippen molar-refractivity contribution in [3.8, 4) is 0 Å². The number of carbonyl (C=O) groups is 1. The van der Waals surface area contributed by atoms with E-state index in [1.165, 1.54) is 0 Å². The SMILES string of the molecule is CCN(CC)C([S-])=NN=C(C(=NN=C([S-])N(CC)CC)c1ccc(C=O)cc1)c1ccccc1.[Cu+2]. The van der Waals surface area contributed by atoms with Crippen LogP contribution >= 0.6 is 0 Å². The fourth-order valence-electron chi connectivity index (χ4n) is 3.10. The van der Waals surface area contributed by atoms with Gasteiger partial charge in [-0.15, -0.1) is 10.2 Å². The number of nitrogens with zero attached hydrogens (tertiary/aromatic N) is 6. The van der Waals surface area contributed by atoms with E-state index >= 15 is 0 Å². The maximum Gasteiger partial charge on any atom is 2.00 e. The van der Waals surface area contributed by atoms with Crippen molar-refractivity contribution in [2.75, 3.05) is 26.2 Å². The van der Waals surface area contributed by atoms with E-state index in [0.29, 0.717) is 27.3 Å². The Balaban J connectivity index is 0.00000612. The summed E-state index contributed by atoms with van der Waals surface area (Å²) >= 11 is 10.9. The summed E-state index contributed by atoms with van der Waals surface area (Å²) in [5.74, 6) is 0. The van der Waals surface area contributed by atoms with Crippen LogP contribution < -0.4 is 0 Å². The Morgan fingerprint density at radius 2 is 1.09 bits per heavy atom. The van der Waals surface area contributed by atoms with Crippen molar-refractivity contribution in [2.45, 2.75) is 27.7 Å². The summed E-state index contributed by atoms with van der Waals surface area (Å²) in [6.07, 6.45) is 0.796. The first-order valence-corrected chi connectivity index (χ1v) is 12.1. The van der Waals surface area contributed by atoms with Crippen molar-refractivity contribution in [3.63, 3.8) is 0 Å². The molecule has 7 nitrogen and oxygen atoms in total. The van der Waals surface area contributed by atoms with Crippen LogP contribution in [-0.2, 0) is 42.3 Å². The Bertz CT molecular complexity index is 1050. The van der Waals surface area contributed by atoms with Gasteiger partial charge in [0, 0.05) is 53.2 Å². The summed E-state index contributed by atoms with van der Waals surface area (Å²) in [4.78, 5) is 15.0. The van der Waals surface area contributed by atoms with Gasteiger partial charge >= 0.3 is 17.1 Å². The van der Waals surface area contributed by atoms with Gasteiger partial charge in [0.05, 0.1) is 0 Å². The van der Waals surface area contributed by atoms with E-state index in [2.05, 4.69) is 20.4 Å². The van der Waals surface area contributed by atoms with Crippen molar-refractivity contribution < 1.29 is 21.9 Å². The molecule has 0 atom stereocenters. The number of rotatable bonds is 10. The smallest absolute Gasteiger partial charge is 0.741 e. The number of carbonyl (C=O) groups excluding carboxylic acids is 1. The van der Waals surface area contributed by atoms with Crippen molar-refractivity contribution in [2.24, 2.45) is 20.4 Å². The molecule has 0 unspecified atom stereocenters. The van der Waals surface area contributed by atoms with E-state index in [-0.39, 0.29) is 17.1 Å². The molecule has 2 aromatic carbocycles. The monoisotopic (exact) mass is 557 g/mol. The normalized spacial score (nSPS) is 12.7. The van der Waals surface area contributed by atoms with E-state index in [1.807, 2.05) is 67.8 Å². The van der Waals surface area contributed by atoms with Gasteiger partial charge in [-0.25, -0.2) is 0 Å². The first-order chi connectivity index (χ1) is 16.5. The summed E-state index contributed by atoms with van der Waals surface area (Å²) < 4.78 is 0. The van der Waals surface area contributed by atoms with Crippen LogP contribution in [-0.4, -0.2) is 64.0 Å². The van der Waals surface area contributed by atoms with Crippen LogP contribution in [0.5, 0.6) is 0 Å². The van der Waals surface area contributed by atoms with Crippen molar-refractivity contribution in [3.05, 3.63) is 71.3 Å². The molecule has 0 heterocycles. The van der Waals surface area contributed by atoms with Crippen LogP contribution in [0.25, 0.3) is 0 Å². The third-order valence-corrected chi connectivity index (χ3v) is 5.81. The molecule has 0 amide bonds. The third kappa shape index (κ3) is 8.81. The van der Waals surface area contributed by atoms with Gasteiger partial charge in [0.15, 0.2) is 0 Å². The zero-order chi connectivity index (χ0) is 24.9. The zero-order valence-electron chi connectivity index (χ0n) is 20.3. The first kappa shape index (κ1) is 30.4. The van der Waals surface area contributed by atoms with Crippen LogP contribution in [0.2, 0.25) is 0 Å². The molecular weight excluding hydrogens is 528 g/mol. The molecule has 0 aliphatic rings. The second kappa shape index (κ2) is 16.1. The van der Waals surface area contributed by atoms with Gasteiger partial charge in [-0.2, -0.15) is 10.2 Å². The second-order valence-corrected chi connectivity index (χ2v) is 7.84. The number of aldehydes is 1. The minimum absolute atomic E-state index is 0. The molecule has 2 rings (SSSR count). The summed E-state index contributed by atoms with van der Waals surface area (Å²) in [5.41, 5.74) is 3.06. The van der Waals surface area contributed by atoms with E-state index in [9.17, 15) is 4.79 Å². The summed E-state index contributed by atoms with van der Waals surface area (Å²) in [6.45, 7) is 11.0. The van der Waals surface area contributed by atoms with E-state index in [0.717, 1.165) is 43.6 Å². The van der Waals surface area contributed by atoms with Gasteiger partial charge in [-0.1, -0.05) is 54.6 Å². The molecule has 0 N–H and O–H groups in total. The fraction of sp³-hybridized carbons (Fsp3) is 0.320. The van der Waals surface area contributed by atoms with Gasteiger partial charge in [0.1, 0.15) is 17.7 Å². The topological polar surface area (TPSA) is 73.0 Å². The predicted molar refractivity (Wildman–Crippen MR) is 147 cm³/mol. The Kier molecular flexibility index (Phi) is 14.0. The Labute approximate surface area is 229 Å². The van der Waals surface area contributed by atoms with Crippen molar-refractivity contribution in [1.82, 2.24) is 9.80 Å². The minimum atomic E-state index is 0. The van der Waals surface area contributed by atoms with E-state index in [4.69, 9.17) is 25.3 Å². The molecule has 0 aliphatic heterocycles. The summed E-state index contributed by atoms with van der Waals surface area (Å²) in [5, 5.41) is 18.5. The standard InChI is InChI=1S/C25H32N6OS2.Cu/c1-5-30(6-2)24(33)28-26-22(20-12-10-9-11-13-20)23(21-16-14-19(18-32)15-17-21)27-29-25(34)31(7-3)8-4;/h9-18H,5-8H2,1-4H3,(H,28,33)(H,29,34);/q;+2/p-2. The third-order valence-electron chi connectivity index (χ3n) is 5.13. The molecule has 0 aliphatic carbocycles. The largest absolute Gasteiger partial charge is 2.00 e. The van der Waals surface area contributed by atoms with Crippen LogP contribution in [0.3, 0.4) is 0 Å². The van der Waals surface area contributed by atoms with E-state index < -0.39 is 0 Å². The molecule has 0 saturated heterocycles. The average molecular weight is 558 g/mol. The Hall–Kier alpha value is -2.65. The predicted octanol–water partition coefficient (Wildman–Crippen LogP) is 4.09. The molecular formula is C25H30CuN6OS2. The van der Waals surface area contributed by atoms with Gasteiger partial charge < -0.3 is 35.1 Å². The molecule has 0 spiro atoms. The zero-order valence-corrected chi connectivity index (χ0v) is 22.9. The summed E-state index contributed by atoms with van der Waals surface area (Å²) in [6, 6.07) is 16.7. The molecule has 0 aromatic heterocycles. The molecule has 1 radical (unpaired) electrons. The number of amidine groups is 2. The van der Waals surface area contributed by atoms with Crippen LogP contribution in [0.15, 0.2) is 75.0 Å². The Morgan fingerprint density at radius 3 is 1.46 bits per heavy atom. The maximum absolute atomic E-state index is 11.2. The molecule has 189 valence electrons. The van der Waals surface area contributed by atoms with Crippen molar-refractivity contribution >= 4 is 53.3 Å². The quantitative estimate of drug-likeness (QED) is 0.110. The summed E-state index contributed by atoms with van der Waals surface area (Å²) in [7, 11) is 0. The fourth-order valence-corrected chi connectivity index (χ4v) is 3.70. The van der Waals surface area contributed by atoms with Gasteiger partial charge in [-0.05, 0) is 27.7 Å². The second-order valence-electron chi connectivity index (χ2n) is 7.11. The maximum atomic E-state index is 11.2. The molecule has 0 bridgehead atoms. The number of benzene rings is 2. The number of hydrogen-bond acceptors (Lipinski definition) is 7. The number of hydrogen-bond donors (Lipinski definition) is 0. The van der Waals surface area contributed by atoms with Crippen molar-refractivity contribution in [1.29, 1.82) is 0 Å². The van der Waals surface area contributed by atoms with Crippen LogP contribution in [0.4, 0.5) is 0 Å². The first-order valence-electron chi connectivity index (χ1n) is 11.2. The Morgan fingerprint density at radius 1 is 0.686 bits per heavy atom. The van der Waals surface area contributed by atoms with Gasteiger partial charge in [-0.3, -0.25) is 4.79 Å². The molecule has 10 heteroatoms. The van der Waals surface area contributed by atoms with Crippen LogP contribution in [0.1, 0.15) is 49.2 Å². The molecule has 0 saturated carbocycles. The average Bonchev–Trinajstić information content (AvgIpc) is 2.88. The van der Waals surface area contributed by atoms with Crippen LogP contribution in [0, 0.1) is 0 Å².